The van der Waals surface area contributed by atoms with Gasteiger partial charge in [-0.25, -0.2) is 0 Å². The quantitative estimate of drug-likeness (QED) is 0.624. The fourth-order valence-electron chi connectivity index (χ4n) is 1.40. The van der Waals surface area contributed by atoms with Crippen molar-refractivity contribution < 1.29 is 9.59 Å². The van der Waals surface area contributed by atoms with Crippen molar-refractivity contribution >= 4 is 11.8 Å². The van der Waals surface area contributed by atoms with Crippen LogP contribution in [-0.4, -0.2) is 63.7 Å². The van der Waals surface area contributed by atoms with Gasteiger partial charge in [-0.2, -0.15) is 15.4 Å². The summed E-state index contributed by atoms with van der Waals surface area (Å²) in [5, 5.41) is 9.60. The van der Waals surface area contributed by atoms with Crippen LogP contribution in [0.1, 0.15) is 10.5 Å². The number of nitrogens with zero attached hydrogens (tertiary/aromatic N) is 4. The Bertz CT molecular complexity index is 374. The number of carbonyl (C=O) groups excluding carboxylic acids is 2. The maximum absolute atomic E-state index is 11.7. The average Bonchev–Trinajstić information content (AvgIpc) is 2.74. The van der Waals surface area contributed by atoms with Gasteiger partial charge >= 0.3 is 0 Å². The molecular weight excluding hydrogens is 198 g/mol. The second-order valence-electron chi connectivity index (χ2n) is 3.40. The molecule has 2 heterocycles. The molecule has 0 aromatic carbocycles. The lowest BCUT2D eigenvalue weighted by molar-refractivity contribution is -0.133. The van der Waals surface area contributed by atoms with Gasteiger partial charge in [-0.05, 0) is 0 Å². The predicted octanol–water partition coefficient (Wildman–Crippen LogP) is -1.28. The molecule has 0 unspecified atom stereocenters. The minimum absolute atomic E-state index is 0.0573. The van der Waals surface area contributed by atoms with Crippen molar-refractivity contribution in [3.8, 4) is 0 Å². The normalized spacial score (nSPS) is 17.0. The minimum Gasteiger partial charge on any atom is -0.342 e. The highest BCUT2D eigenvalue weighted by atomic mass is 16.2. The monoisotopic (exact) mass is 209 g/mol. The molecule has 2 rings (SSSR count). The van der Waals surface area contributed by atoms with Crippen LogP contribution in [0.2, 0.25) is 0 Å². The summed E-state index contributed by atoms with van der Waals surface area (Å²) in [4.78, 5) is 26.2. The Labute approximate surface area is 86.0 Å². The molecule has 1 aromatic rings. The maximum Gasteiger partial charge on any atom is 0.276 e. The Balaban J connectivity index is 2.07. The number of rotatable bonds is 1. The molecule has 7 nitrogen and oxygen atoms in total. The third-order valence-electron chi connectivity index (χ3n) is 2.38. The van der Waals surface area contributed by atoms with Gasteiger partial charge in [0.15, 0.2) is 5.69 Å². The van der Waals surface area contributed by atoms with E-state index in [1.54, 1.807) is 11.9 Å². The number of piperazine rings is 1. The van der Waals surface area contributed by atoms with Crippen LogP contribution >= 0.6 is 0 Å². The lowest BCUT2D eigenvalue weighted by Crippen LogP contribution is -2.50. The third-order valence-corrected chi connectivity index (χ3v) is 2.38. The van der Waals surface area contributed by atoms with Crippen LogP contribution in [0.4, 0.5) is 0 Å². The van der Waals surface area contributed by atoms with Crippen LogP contribution in [0.15, 0.2) is 6.20 Å². The molecule has 1 aliphatic heterocycles. The Morgan fingerprint density at radius 2 is 2.33 bits per heavy atom. The van der Waals surface area contributed by atoms with Gasteiger partial charge in [-0.15, -0.1) is 0 Å². The van der Waals surface area contributed by atoms with E-state index in [2.05, 4.69) is 15.4 Å². The number of carbonyl (C=O) groups is 2. The van der Waals surface area contributed by atoms with E-state index in [4.69, 9.17) is 0 Å². The Morgan fingerprint density at radius 1 is 1.53 bits per heavy atom. The van der Waals surface area contributed by atoms with Crippen LogP contribution in [0.25, 0.3) is 0 Å². The Hall–Kier alpha value is -1.92. The smallest absolute Gasteiger partial charge is 0.276 e. The highest BCUT2D eigenvalue weighted by Crippen LogP contribution is 2.05. The number of aromatic amines is 1. The zero-order valence-electron chi connectivity index (χ0n) is 8.30. The van der Waals surface area contributed by atoms with E-state index in [0.29, 0.717) is 13.1 Å². The van der Waals surface area contributed by atoms with Crippen LogP contribution in [0.5, 0.6) is 0 Å². The van der Waals surface area contributed by atoms with Gasteiger partial charge in [0, 0.05) is 20.1 Å². The second-order valence-corrected chi connectivity index (χ2v) is 3.40. The number of amides is 2. The summed E-state index contributed by atoms with van der Waals surface area (Å²) >= 11 is 0. The second kappa shape index (κ2) is 3.68. The molecule has 2 amide bonds. The third kappa shape index (κ3) is 1.80. The van der Waals surface area contributed by atoms with Crippen LogP contribution in [0, 0.1) is 0 Å². The summed E-state index contributed by atoms with van der Waals surface area (Å²) in [7, 11) is 1.72. The number of H-pyrrole nitrogens is 1. The fourth-order valence-corrected chi connectivity index (χ4v) is 1.40. The van der Waals surface area contributed by atoms with E-state index >= 15 is 0 Å². The maximum atomic E-state index is 11.7. The molecule has 0 aliphatic carbocycles. The van der Waals surface area contributed by atoms with Crippen molar-refractivity contribution in [3.05, 3.63) is 11.9 Å². The molecule has 1 fully saturated rings. The zero-order chi connectivity index (χ0) is 10.8. The van der Waals surface area contributed by atoms with Crippen molar-refractivity contribution in [3.63, 3.8) is 0 Å². The van der Waals surface area contributed by atoms with Crippen molar-refractivity contribution in [2.45, 2.75) is 0 Å². The molecule has 0 atom stereocenters. The van der Waals surface area contributed by atoms with Crippen molar-refractivity contribution in [2.24, 2.45) is 0 Å². The van der Waals surface area contributed by atoms with Crippen molar-refractivity contribution in [2.75, 3.05) is 26.7 Å². The van der Waals surface area contributed by atoms with Gasteiger partial charge in [0.1, 0.15) is 6.54 Å². The lowest BCUT2D eigenvalue weighted by Gasteiger charge is -2.31. The van der Waals surface area contributed by atoms with Gasteiger partial charge in [0.05, 0.1) is 6.20 Å². The number of nitrogens with one attached hydrogen (secondary N) is 1. The molecule has 15 heavy (non-hydrogen) atoms. The molecule has 0 bridgehead atoms. The largest absolute Gasteiger partial charge is 0.342 e. The van der Waals surface area contributed by atoms with Crippen molar-refractivity contribution in [1.29, 1.82) is 0 Å². The molecule has 1 saturated heterocycles. The summed E-state index contributed by atoms with van der Waals surface area (Å²) in [6, 6.07) is 0. The van der Waals surface area contributed by atoms with Gasteiger partial charge in [0.25, 0.3) is 5.91 Å². The number of aromatic nitrogens is 3. The number of likely N-dealkylation sites (N-methyl/N-ethyl adjacent to an activating group) is 1. The summed E-state index contributed by atoms with van der Waals surface area (Å²) in [5.74, 6) is -0.316. The molecule has 0 radical (unpaired) electrons. The highest BCUT2D eigenvalue weighted by Gasteiger charge is 2.26. The predicted molar refractivity (Wildman–Crippen MR) is 49.9 cm³/mol. The Morgan fingerprint density at radius 3 is 2.93 bits per heavy atom. The fraction of sp³-hybridized carbons (Fsp3) is 0.500. The van der Waals surface area contributed by atoms with Gasteiger partial charge < -0.3 is 9.80 Å². The van der Waals surface area contributed by atoms with E-state index in [0.717, 1.165) is 0 Å². The molecule has 1 aliphatic rings. The van der Waals surface area contributed by atoms with Crippen LogP contribution in [0.3, 0.4) is 0 Å². The number of hydrogen-bond donors (Lipinski definition) is 1. The number of hydrogen-bond acceptors (Lipinski definition) is 4. The lowest BCUT2D eigenvalue weighted by atomic mass is 10.3. The van der Waals surface area contributed by atoms with Crippen LogP contribution < -0.4 is 0 Å². The van der Waals surface area contributed by atoms with E-state index in [9.17, 15) is 9.59 Å². The first-order valence-corrected chi connectivity index (χ1v) is 4.57. The topological polar surface area (TPSA) is 82.2 Å². The minimum atomic E-state index is -0.259. The summed E-state index contributed by atoms with van der Waals surface area (Å²) in [6.07, 6.45) is 1.35. The van der Waals surface area contributed by atoms with Gasteiger partial charge in [-0.1, -0.05) is 0 Å². The van der Waals surface area contributed by atoms with Gasteiger partial charge in [-0.3, -0.25) is 9.59 Å². The molecule has 1 aromatic heterocycles. The van der Waals surface area contributed by atoms with Gasteiger partial charge in [0.2, 0.25) is 5.91 Å². The molecule has 1 N–H and O–H groups in total. The molecule has 80 valence electrons. The first-order chi connectivity index (χ1) is 7.18. The molecule has 7 heteroatoms. The SMILES string of the molecule is CN1CCN(C(=O)c2cn[nH]n2)CC1=O. The molecule has 0 spiro atoms. The molecule has 0 saturated carbocycles. The summed E-state index contributed by atoms with van der Waals surface area (Å²) < 4.78 is 0. The van der Waals surface area contributed by atoms with E-state index in [1.807, 2.05) is 0 Å². The molecular formula is C8H11N5O2. The van der Waals surface area contributed by atoms with E-state index in [-0.39, 0.29) is 24.1 Å². The zero-order valence-corrected chi connectivity index (χ0v) is 8.30. The van der Waals surface area contributed by atoms with Crippen molar-refractivity contribution in [1.82, 2.24) is 25.2 Å². The first-order valence-electron chi connectivity index (χ1n) is 4.57. The van der Waals surface area contributed by atoms with E-state index in [1.165, 1.54) is 11.1 Å². The first kappa shape index (κ1) is 9.63. The summed E-state index contributed by atoms with van der Waals surface area (Å²) in [6.45, 7) is 1.21. The highest BCUT2D eigenvalue weighted by molar-refractivity contribution is 5.95. The van der Waals surface area contributed by atoms with Crippen LogP contribution in [-0.2, 0) is 4.79 Å². The average molecular weight is 209 g/mol. The Kier molecular flexibility index (Phi) is 2.36. The standard InChI is InChI=1S/C8H11N5O2/c1-12-2-3-13(5-7(12)14)8(15)6-4-9-11-10-6/h4H,2-3,5H2,1H3,(H,9,10,11). The summed E-state index contributed by atoms with van der Waals surface area (Å²) in [5.41, 5.74) is 0.243. The van der Waals surface area contributed by atoms with E-state index < -0.39 is 0 Å².